The number of hydrogen-bond acceptors (Lipinski definition) is 4. The molecule has 1 aromatic carbocycles. The third-order valence-corrected chi connectivity index (χ3v) is 8.12. The molecule has 2 amide bonds. The molecule has 31 heavy (non-hydrogen) atoms. The molecule has 168 valence electrons. The molecule has 2 N–H and O–H groups in total. The van der Waals surface area contributed by atoms with Gasteiger partial charge in [0.05, 0.1) is 0 Å². The van der Waals surface area contributed by atoms with Crippen LogP contribution < -0.4 is 10.6 Å². The summed E-state index contributed by atoms with van der Waals surface area (Å²) in [7, 11) is 2.09. The van der Waals surface area contributed by atoms with Crippen LogP contribution in [0.4, 0.5) is 5.69 Å². The van der Waals surface area contributed by atoms with Crippen LogP contribution in [-0.2, 0) is 11.3 Å². The highest BCUT2D eigenvalue weighted by Gasteiger charge is 2.47. The first-order valence-electron chi connectivity index (χ1n) is 12.1. The summed E-state index contributed by atoms with van der Waals surface area (Å²) in [6, 6.07) is 6.48. The topological polar surface area (TPSA) is 64.7 Å². The van der Waals surface area contributed by atoms with Crippen molar-refractivity contribution in [3.63, 3.8) is 0 Å². The molecule has 4 aliphatic carbocycles. The summed E-state index contributed by atoms with van der Waals surface area (Å²) in [4.78, 5) is 29.0. The maximum atomic E-state index is 13.2. The summed E-state index contributed by atoms with van der Waals surface area (Å²) in [5.41, 5.74) is 2.48. The number of nitrogens with zero attached hydrogens (tertiary/aromatic N) is 2. The standard InChI is InChI=1S/C25H36N4O2/c1-16(30)27-23-13-19(12-22(14-23)25(31)29-5-3-28(2)4-6-29)15-26-24-20-8-17-7-18(10-20)11-21(24)9-17/h12-14,17-18,20-21,24,26H,3-11,15H2,1-2H3,(H,27,30). The molecule has 1 heterocycles. The Balaban J connectivity index is 1.31. The molecule has 1 saturated heterocycles. The maximum Gasteiger partial charge on any atom is 0.254 e. The molecule has 6 nitrogen and oxygen atoms in total. The van der Waals surface area contributed by atoms with Crippen LogP contribution in [0.5, 0.6) is 0 Å². The van der Waals surface area contributed by atoms with Gasteiger partial charge in [-0.3, -0.25) is 9.59 Å². The maximum absolute atomic E-state index is 13.2. The Kier molecular flexibility index (Phi) is 5.78. The second kappa shape index (κ2) is 8.55. The zero-order valence-electron chi connectivity index (χ0n) is 18.9. The van der Waals surface area contributed by atoms with E-state index in [-0.39, 0.29) is 11.8 Å². The summed E-state index contributed by atoms with van der Waals surface area (Å²) in [6.45, 7) is 5.57. The number of piperazine rings is 1. The van der Waals surface area contributed by atoms with Gasteiger partial charge in [-0.25, -0.2) is 0 Å². The summed E-state index contributed by atoms with van der Waals surface area (Å²) >= 11 is 0. The molecule has 5 fully saturated rings. The number of benzene rings is 1. The van der Waals surface area contributed by atoms with Crippen molar-refractivity contribution in [3.8, 4) is 0 Å². The summed E-state index contributed by atoms with van der Waals surface area (Å²) in [6.07, 6.45) is 7.04. The molecule has 1 aliphatic heterocycles. The van der Waals surface area contributed by atoms with E-state index in [4.69, 9.17) is 0 Å². The quantitative estimate of drug-likeness (QED) is 0.763. The number of hydrogen-bond donors (Lipinski definition) is 2. The van der Waals surface area contributed by atoms with Crippen molar-refractivity contribution in [3.05, 3.63) is 29.3 Å². The molecule has 5 aliphatic rings. The molecule has 4 bridgehead atoms. The summed E-state index contributed by atoms with van der Waals surface area (Å²) in [5.74, 6) is 3.54. The molecular weight excluding hydrogens is 388 g/mol. The third-order valence-electron chi connectivity index (χ3n) is 8.12. The molecule has 0 aromatic heterocycles. The molecular formula is C25H36N4O2. The summed E-state index contributed by atoms with van der Waals surface area (Å²) in [5, 5.41) is 6.76. The van der Waals surface area contributed by atoms with Crippen LogP contribution in [0.1, 0.15) is 54.9 Å². The van der Waals surface area contributed by atoms with Gasteiger partial charge in [-0.05, 0) is 86.6 Å². The van der Waals surface area contributed by atoms with Crippen molar-refractivity contribution in [1.82, 2.24) is 15.1 Å². The van der Waals surface area contributed by atoms with E-state index < -0.39 is 0 Å². The van der Waals surface area contributed by atoms with E-state index in [0.717, 1.165) is 67.6 Å². The van der Waals surface area contributed by atoms with Crippen molar-refractivity contribution >= 4 is 17.5 Å². The van der Waals surface area contributed by atoms with Crippen molar-refractivity contribution < 1.29 is 9.59 Å². The van der Waals surface area contributed by atoms with Crippen molar-refractivity contribution in [1.29, 1.82) is 0 Å². The second-order valence-electron chi connectivity index (χ2n) is 10.5. The van der Waals surface area contributed by atoms with Gasteiger partial charge in [0.15, 0.2) is 0 Å². The highest BCUT2D eigenvalue weighted by Crippen LogP contribution is 2.53. The highest BCUT2D eigenvalue weighted by molar-refractivity contribution is 5.97. The van der Waals surface area contributed by atoms with E-state index in [9.17, 15) is 9.59 Å². The minimum absolute atomic E-state index is 0.0659. The molecule has 6 heteroatoms. The van der Waals surface area contributed by atoms with Gasteiger partial charge >= 0.3 is 0 Å². The lowest BCUT2D eigenvalue weighted by Gasteiger charge is -2.54. The van der Waals surface area contributed by atoms with Crippen molar-refractivity contribution in [2.75, 3.05) is 38.5 Å². The van der Waals surface area contributed by atoms with Gasteiger partial charge in [-0.15, -0.1) is 0 Å². The third kappa shape index (κ3) is 4.51. The zero-order chi connectivity index (χ0) is 21.5. The highest BCUT2D eigenvalue weighted by atomic mass is 16.2. The van der Waals surface area contributed by atoms with Gasteiger partial charge in [0.25, 0.3) is 5.91 Å². The number of carbonyl (C=O) groups is 2. The lowest BCUT2D eigenvalue weighted by Crippen LogP contribution is -2.54. The first-order chi connectivity index (χ1) is 14.9. The Morgan fingerprint density at radius 1 is 0.935 bits per heavy atom. The van der Waals surface area contributed by atoms with Gasteiger partial charge in [0.2, 0.25) is 5.91 Å². The van der Waals surface area contributed by atoms with Crippen LogP contribution in [0.3, 0.4) is 0 Å². The largest absolute Gasteiger partial charge is 0.336 e. The average molecular weight is 425 g/mol. The fourth-order valence-electron chi connectivity index (χ4n) is 6.88. The zero-order valence-corrected chi connectivity index (χ0v) is 18.9. The second-order valence-corrected chi connectivity index (χ2v) is 10.5. The van der Waals surface area contributed by atoms with Gasteiger partial charge in [-0.2, -0.15) is 0 Å². The lowest BCUT2D eigenvalue weighted by molar-refractivity contribution is -0.114. The van der Waals surface area contributed by atoms with Gasteiger partial charge in [-0.1, -0.05) is 0 Å². The Morgan fingerprint density at radius 3 is 2.19 bits per heavy atom. The number of carbonyl (C=O) groups excluding carboxylic acids is 2. The van der Waals surface area contributed by atoms with Crippen LogP contribution >= 0.6 is 0 Å². The monoisotopic (exact) mass is 424 g/mol. The summed E-state index contributed by atoms with van der Waals surface area (Å²) < 4.78 is 0. The number of amides is 2. The fraction of sp³-hybridized carbons (Fsp3) is 0.680. The van der Waals surface area contributed by atoms with Gasteiger partial charge < -0.3 is 20.4 Å². The number of nitrogens with one attached hydrogen (secondary N) is 2. The predicted octanol–water partition coefficient (Wildman–Crippen LogP) is 2.95. The minimum atomic E-state index is -0.107. The number of likely N-dealkylation sites (N-methyl/N-ethyl adjacent to an activating group) is 1. The molecule has 0 unspecified atom stereocenters. The molecule has 0 atom stereocenters. The van der Waals surface area contributed by atoms with Crippen LogP contribution in [0.25, 0.3) is 0 Å². The van der Waals surface area contributed by atoms with Crippen molar-refractivity contribution in [2.24, 2.45) is 23.7 Å². The van der Waals surface area contributed by atoms with Gasteiger partial charge in [0.1, 0.15) is 0 Å². The van der Waals surface area contributed by atoms with E-state index in [2.05, 4.69) is 22.6 Å². The smallest absolute Gasteiger partial charge is 0.254 e. The fourth-order valence-corrected chi connectivity index (χ4v) is 6.88. The van der Waals surface area contributed by atoms with E-state index in [0.29, 0.717) is 11.6 Å². The van der Waals surface area contributed by atoms with Crippen LogP contribution in [0.15, 0.2) is 18.2 Å². The minimum Gasteiger partial charge on any atom is -0.336 e. The predicted molar refractivity (Wildman–Crippen MR) is 122 cm³/mol. The first kappa shape index (κ1) is 21.0. The van der Waals surface area contributed by atoms with E-state index in [1.54, 1.807) is 0 Å². The van der Waals surface area contributed by atoms with Crippen molar-refractivity contribution in [2.45, 2.75) is 51.6 Å². The van der Waals surface area contributed by atoms with E-state index >= 15 is 0 Å². The normalized spacial score (nSPS) is 32.3. The van der Waals surface area contributed by atoms with Gasteiger partial charge in [0, 0.05) is 56.9 Å². The van der Waals surface area contributed by atoms with E-state index in [1.807, 2.05) is 23.1 Å². The Morgan fingerprint density at radius 2 is 1.58 bits per heavy atom. The molecule has 4 saturated carbocycles. The lowest BCUT2D eigenvalue weighted by atomic mass is 9.54. The van der Waals surface area contributed by atoms with E-state index in [1.165, 1.54) is 39.0 Å². The number of rotatable bonds is 5. The van der Waals surface area contributed by atoms with Crippen LogP contribution in [0.2, 0.25) is 0 Å². The number of anilines is 1. The average Bonchev–Trinajstić information content (AvgIpc) is 2.72. The molecule has 6 rings (SSSR count). The molecule has 0 radical (unpaired) electrons. The molecule has 1 aromatic rings. The Labute approximate surface area is 185 Å². The Bertz CT molecular complexity index is 818. The van der Waals surface area contributed by atoms with Crippen LogP contribution in [-0.4, -0.2) is 60.9 Å². The van der Waals surface area contributed by atoms with Crippen LogP contribution in [0, 0.1) is 23.7 Å². The Hall–Kier alpha value is -1.92. The SMILES string of the molecule is CC(=O)Nc1cc(CNC2C3CC4CC(C3)CC2C4)cc(C(=O)N2CCN(C)CC2)c1. The first-order valence-corrected chi connectivity index (χ1v) is 12.1. The molecule has 0 spiro atoms.